The maximum absolute atomic E-state index is 12.5. The van der Waals surface area contributed by atoms with Crippen LogP contribution in [0.25, 0.3) is 10.9 Å². The third kappa shape index (κ3) is 4.62. The predicted octanol–water partition coefficient (Wildman–Crippen LogP) is 2.07. The van der Waals surface area contributed by atoms with Crippen LogP contribution in [-0.2, 0) is 16.0 Å². The Bertz CT molecular complexity index is 1030. The molecule has 1 amide bonds. The first-order valence-electron chi connectivity index (χ1n) is 9.06. The van der Waals surface area contributed by atoms with Gasteiger partial charge in [-0.05, 0) is 31.0 Å². The molecular weight excluding hydrogens is 358 g/mol. The number of para-hydroxylation sites is 1. The van der Waals surface area contributed by atoms with Crippen LogP contribution < -0.4 is 10.9 Å². The van der Waals surface area contributed by atoms with Gasteiger partial charge in [0.1, 0.15) is 0 Å². The summed E-state index contributed by atoms with van der Waals surface area (Å²) in [6.45, 7) is 2.07. The van der Waals surface area contributed by atoms with Crippen molar-refractivity contribution < 1.29 is 14.3 Å². The molecule has 0 saturated heterocycles. The summed E-state index contributed by atoms with van der Waals surface area (Å²) in [6.07, 6.45) is 0.432. The molecule has 0 aliphatic rings. The number of nitrogens with one attached hydrogen (secondary N) is 2. The molecule has 1 atom stereocenters. The number of hydrogen-bond acceptors (Lipinski definition) is 5. The number of ether oxygens (including phenoxy) is 1. The summed E-state index contributed by atoms with van der Waals surface area (Å²) in [5.74, 6) is -1.57. The highest BCUT2D eigenvalue weighted by Crippen LogP contribution is 2.11. The second kappa shape index (κ2) is 8.94. The number of carbonyl (C=O) groups is 2. The molecule has 3 rings (SSSR count). The van der Waals surface area contributed by atoms with Gasteiger partial charge in [0.15, 0.2) is 5.82 Å². The minimum Gasteiger partial charge on any atom is -0.466 e. The number of carbonyl (C=O) groups excluding carboxylic acids is 2. The number of benzene rings is 2. The summed E-state index contributed by atoms with van der Waals surface area (Å²) in [7, 11) is 0. The third-order valence-corrected chi connectivity index (χ3v) is 4.28. The Hall–Kier alpha value is -3.48. The van der Waals surface area contributed by atoms with Crippen molar-refractivity contribution in [2.45, 2.75) is 13.3 Å². The number of hydrogen-bond donors (Lipinski definition) is 2. The normalized spacial score (nSPS) is 11.8. The van der Waals surface area contributed by atoms with E-state index in [2.05, 4.69) is 15.3 Å². The fourth-order valence-electron chi connectivity index (χ4n) is 2.89. The third-order valence-electron chi connectivity index (χ3n) is 4.28. The van der Waals surface area contributed by atoms with Crippen LogP contribution in [0.3, 0.4) is 0 Å². The van der Waals surface area contributed by atoms with Crippen molar-refractivity contribution in [3.8, 4) is 0 Å². The van der Waals surface area contributed by atoms with Crippen molar-refractivity contribution in [3.05, 3.63) is 76.3 Å². The maximum atomic E-state index is 12.5. The lowest BCUT2D eigenvalue weighted by molar-refractivity contribution is -0.147. The Morgan fingerprint density at radius 3 is 2.57 bits per heavy atom. The average Bonchev–Trinajstić information content (AvgIpc) is 2.71. The van der Waals surface area contributed by atoms with E-state index in [1.165, 1.54) is 0 Å². The van der Waals surface area contributed by atoms with Gasteiger partial charge in [0.25, 0.3) is 11.5 Å². The Labute approximate surface area is 161 Å². The van der Waals surface area contributed by atoms with E-state index in [0.29, 0.717) is 17.3 Å². The molecule has 1 aromatic heterocycles. The molecule has 0 fully saturated rings. The lowest BCUT2D eigenvalue weighted by Gasteiger charge is -2.16. The molecule has 7 heteroatoms. The minimum absolute atomic E-state index is 0.0725. The standard InChI is InChI=1S/C21H21N3O4/c1-2-28-21(27)15(12-14-8-4-3-5-9-14)13-22-20(26)18-23-17-11-7-6-10-16(17)19(25)24-18/h3-11,15H,2,12-13H2,1H3,(H,22,26)(H,23,24,25). The van der Waals surface area contributed by atoms with E-state index in [-0.39, 0.29) is 30.5 Å². The largest absolute Gasteiger partial charge is 0.466 e. The van der Waals surface area contributed by atoms with E-state index < -0.39 is 11.8 Å². The highest BCUT2D eigenvalue weighted by Gasteiger charge is 2.22. The van der Waals surface area contributed by atoms with Crippen LogP contribution in [0, 0.1) is 5.92 Å². The van der Waals surface area contributed by atoms with Gasteiger partial charge in [-0.15, -0.1) is 0 Å². The number of aromatic amines is 1. The number of fused-ring (bicyclic) bond motifs is 1. The van der Waals surface area contributed by atoms with E-state index in [1.54, 1.807) is 31.2 Å². The molecule has 0 spiro atoms. The molecule has 3 aromatic rings. The van der Waals surface area contributed by atoms with Crippen LogP contribution in [0.1, 0.15) is 23.1 Å². The van der Waals surface area contributed by atoms with Gasteiger partial charge >= 0.3 is 5.97 Å². The lowest BCUT2D eigenvalue weighted by atomic mass is 9.99. The zero-order valence-corrected chi connectivity index (χ0v) is 15.5. The number of rotatable bonds is 7. The lowest BCUT2D eigenvalue weighted by Crippen LogP contribution is -2.36. The van der Waals surface area contributed by atoms with Crippen molar-refractivity contribution >= 4 is 22.8 Å². The van der Waals surface area contributed by atoms with E-state index in [4.69, 9.17) is 4.74 Å². The van der Waals surface area contributed by atoms with Gasteiger partial charge in [0, 0.05) is 6.54 Å². The van der Waals surface area contributed by atoms with Crippen LogP contribution in [0.2, 0.25) is 0 Å². The number of aromatic nitrogens is 2. The first kappa shape index (κ1) is 19.3. The van der Waals surface area contributed by atoms with Crippen LogP contribution >= 0.6 is 0 Å². The van der Waals surface area contributed by atoms with Crippen LogP contribution in [0.4, 0.5) is 0 Å². The van der Waals surface area contributed by atoms with Crippen molar-refractivity contribution in [2.75, 3.05) is 13.2 Å². The first-order valence-corrected chi connectivity index (χ1v) is 9.06. The molecular formula is C21H21N3O4. The summed E-state index contributed by atoms with van der Waals surface area (Å²) in [6, 6.07) is 16.3. The highest BCUT2D eigenvalue weighted by molar-refractivity contribution is 5.92. The Morgan fingerprint density at radius 1 is 1.11 bits per heavy atom. The summed E-state index contributed by atoms with van der Waals surface area (Å²) in [5.41, 5.74) is 1.01. The SMILES string of the molecule is CCOC(=O)C(CNC(=O)c1nc2ccccc2c(=O)[nH]1)Cc1ccccc1. The smallest absolute Gasteiger partial charge is 0.311 e. The second-order valence-electron chi connectivity index (χ2n) is 6.28. The molecule has 0 radical (unpaired) electrons. The van der Waals surface area contributed by atoms with Crippen molar-refractivity contribution in [1.29, 1.82) is 0 Å². The second-order valence-corrected chi connectivity index (χ2v) is 6.28. The number of esters is 1. The van der Waals surface area contributed by atoms with Crippen LogP contribution in [0.15, 0.2) is 59.4 Å². The number of nitrogens with zero attached hydrogens (tertiary/aromatic N) is 1. The Balaban J connectivity index is 1.74. The van der Waals surface area contributed by atoms with Crippen molar-refractivity contribution in [3.63, 3.8) is 0 Å². The molecule has 2 aromatic carbocycles. The Morgan fingerprint density at radius 2 is 1.82 bits per heavy atom. The van der Waals surface area contributed by atoms with Gasteiger partial charge in [0.05, 0.1) is 23.4 Å². The van der Waals surface area contributed by atoms with E-state index in [0.717, 1.165) is 5.56 Å². The minimum atomic E-state index is -0.551. The fourth-order valence-corrected chi connectivity index (χ4v) is 2.89. The zero-order chi connectivity index (χ0) is 19.9. The van der Waals surface area contributed by atoms with Crippen molar-refractivity contribution in [2.24, 2.45) is 5.92 Å². The van der Waals surface area contributed by atoms with E-state index in [1.807, 2.05) is 30.3 Å². The van der Waals surface area contributed by atoms with Crippen molar-refractivity contribution in [1.82, 2.24) is 15.3 Å². The van der Waals surface area contributed by atoms with Crippen LogP contribution in [-0.4, -0.2) is 35.0 Å². The average molecular weight is 379 g/mol. The Kier molecular flexibility index (Phi) is 6.16. The molecule has 0 saturated carbocycles. The fraction of sp³-hybridized carbons (Fsp3) is 0.238. The molecule has 28 heavy (non-hydrogen) atoms. The highest BCUT2D eigenvalue weighted by atomic mass is 16.5. The summed E-state index contributed by atoms with van der Waals surface area (Å²) in [5, 5.41) is 3.09. The molecule has 1 unspecified atom stereocenters. The topological polar surface area (TPSA) is 101 Å². The summed E-state index contributed by atoms with van der Waals surface area (Å²) < 4.78 is 5.13. The molecule has 1 heterocycles. The molecule has 2 N–H and O–H groups in total. The first-order chi connectivity index (χ1) is 13.6. The molecule has 7 nitrogen and oxygen atoms in total. The summed E-state index contributed by atoms with van der Waals surface area (Å²) >= 11 is 0. The predicted molar refractivity (Wildman–Crippen MR) is 105 cm³/mol. The van der Waals surface area contributed by atoms with Gasteiger partial charge in [-0.2, -0.15) is 0 Å². The summed E-state index contributed by atoms with van der Waals surface area (Å²) in [4.78, 5) is 43.6. The van der Waals surface area contributed by atoms with Gasteiger partial charge in [-0.3, -0.25) is 14.4 Å². The molecule has 144 valence electrons. The zero-order valence-electron chi connectivity index (χ0n) is 15.5. The molecule has 0 aliphatic heterocycles. The van der Waals surface area contributed by atoms with Crippen LogP contribution in [0.5, 0.6) is 0 Å². The van der Waals surface area contributed by atoms with E-state index >= 15 is 0 Å². The number of amides is 1. The van der Waals surface area contributed by atoms with Gasteiger partial charge in [-0.1, -0.05) is 42.5 Å². The maximum Gasteiger partial charge on any atom is 0.311 e. The molecule has 0 bridgehead atoms. The van der Waals surface area contributed by atoms with E-state index in [9.17, 15) is 14.4 Å². The number of H-pyrrole nitrogens is 1. The van der Waals surface area contributed by atoms with Gasteiger partial charge in [0.2, 0.25) is 0 Å². The quantitative estimate of drug-likeness (QED) is 0.612. The molecule has 0 aliphatic carbocycles. The van der Waals surface area contributed by atoms with Gasteiger partial charge in [-0.25, -0.2) is 4.98 Å². The monoisotopic (exact) mass is 379 g/mol. The van der Waals surface area contributed by atoms with Gasteiger partial charge < -0.3 is 15.0 Å².